The standard InChI is InChI=1S/C17H12BrCl2N3OS2/c1-9-2-5-14(12(18)6-9)21-15(24)8-25-17-16(22-23-26-17)11-4-3-10(19)7-13(11)20/h2-7H,8H2,1H3,(H,21,24). The molecule has 0 fully saturated rings. The van der Waals surface area contributed by atoms with E-state index in [1.807, 2.05) is 25.1 Å². The normalized spacial score (nSPS) is 10.8. The van der Waals surface area contributed by atoms with Crippen molar-refractivity contribution in [2.45, 2.75) is 11.1 Å². The highest BCUT2D eigenvalue weighted by molar-refractivity contribution is 9.10. The molecule has 26 heavy (non-hydrogen) atoms. The molecule has 1 aromatic heterocycles. The molecule has 0 aliphatic heterocycles. The Hall–Kier alpha value is -1.12. The summed E-state index contributed by atoms with van der Waals surface area (Å²) in [4.78, 5) is 12.3. The first-order valence-electron chi connectivity index (χ1n) is 7.40. The maximum absolute atomic E-state index is 12.3. The lowest BCUT2D eigenvalue weighted by atomic mass is 10.2. The number of aromatic nitrogens is 2. The van der Waals surface area contributed by atoms with Crippen molar-refractivity contribution in [2.24, 2.45) is 0 Å². The molecule has 3 aromatic rings. The van der Waals surface area contributed by atoms with E-state index in [0.29, 0.717) is 15.7 Å². The van der Waals surface area contributed by atoms with Crippen LogP contribution in [0.5, 0.6) is 0 Å². The lowest BCUT2D eigenvalue weighted by molar-refractivity contribution is -0.113. The highest BCUT2D eigenvalue weighted by atomic mass is 79.9. The number of rotatable bonds is 5. The third-order valence-electron chi connectivity index (χ3n) is 3.38. The number of thioether (sulfide) groups is 1. The second-order valence-electron chi connectivity index (χ2n) is 5.35. The zero-order chi connectivity index (χ0) is 18.7. The number of nitrogens with one attached hydrogen (secondary N) is 1. The fraction of sp³-hybridized carbons (Fsp3) is 0.118. The maximum Gasteiger partial charge on any atom is 0.234 e. The van der Waals surface area contributed by atoms with Gasteiger partial charge in [-0.3, -0.25) is 4.79 Å². The van der Waals surface area contributed by atoms with Crippen molar-refractivity contribution in [3.05, 3.63) is 56.5 Å². The Morgan fingerprint density at radius 3 is 2.81 bits per heavy atom. The Balaban J connectivity index is 1.69. The summed E-state index contributed by atoms with van der Waals surface area (Å²) in [7, 11) is 0. The topological polar surface area (TPSA) is 54.9 Å². The summed E-state index contributed by atoms with van der Waals surface area (Å²) in [6.07, 6.45) is 0. The molecule has 0 unspecified atom stereocenters. The Labute approximate surface area is 177 Å². The third-order valence-corrected chi connectivity index (χ3v) is 6.54. The second-order valence-corrected chi connectivity index (χ2v) is 9.05. The molecule has 3 rings (SSSR count). The molecule has 0 saturated carbocycles. The highest BCUT2D eigenvalue weighted by Crippen LogP contribution is 2.37. The molecule has 9 heteroatoms. The van der Waals surface area contributed by atoms with Gasteiger partial charge in [0.2, 0.25) is 5.91 Å². The number of anilines is 1. The lowest BCUT2D eigenvalue weighted by Gasteiger charge is -2.08. The Morgan fingerprint density at radius 2 is 2.08 bits per heavy atom. The lowest BCUT2D eigenvalue weighted by Crippen LogP contribution is -2.14. The van der Waals surface area contributed by atoms with Gasteiger partial charge >= 0.3 is 0 Å². The fourth-order valence-corrected chi connectivity index (χ4v) is 4.80. The number of hydrogen-bond acceptors (Lipinski definition) is 5. The van der Waals surface area contributed by atoms with Crippen LogP contribution >= 0.6 is 62.4 Å². The predicted molar refractivity (Wildman–Crippen MR) is 114 cm³/mol. The average Bonchev–Trinajstić information content (AvgIpc) is 3.04. The number of hydrogen-bond donors (Lipinski definition) is 1. The SMILES string of the molecule is Cc1ccc(NC(=O)CSc2snnc2-c2ccc(Cl)cc2Cl)c(Br)c1. The van der Waals surface area contributed by atoms with E-state index in [1.165, 1.54) is 23.3 Å². The molecule has 1 N–H and O–H groups in total. The molecule has 4 nitrogen and oxygen atoms in total. The minimum atomic E-state index is -0.110. The van der Waals surface area contributed by atoms with Crippen molar-refractivity contribution in [3.8, 4) is 11.3 Å². The molecule has 0 radical (unpaired) electrons. The van der Waals surface area contributed by atoms with Crippen LogP contribution in [0, 0.1) is 6.92 Å². The number of carbonyl (C=O) groups is 1. The molecular weight excluding hydrogens is 477 g/mol. The molecule has 0 spiro atoms. The van der Waals surface area contributed by atoms with Gasteiger partial charge in [-0.1, -0.05) is 33.8 Å². The summed E-state index contributed by atoms with van der Waals surface area (Å²) >= 11 is 18.3. The molecular formula is C17H12BrCl2N3OS2. The van der Waals surface area contributed by atoms with Gasteiger partial charge in [0, 0.05) is 15.1 Å². The van der Waals surface area contributed by atoms with Crippen LogP contribution in [-0.4, -0.2) is 21.2 Å². The minimum Gasteiger partial charge on any atom is -0.324 e. The maximum atomic E-state index is 12.3. The van der Waals surface area contributed by atoms with Crippen LogP contribution in [0.1, 0.15) is 5.56 Å². The van der Waals surface area contributed by atoms with Crippen LogP contribution in [0.3, 0.4) is 0 Å². The van der Waals surface area contributed by atoms with Crippen molar-refractivity contribution in [3.63, 3.8) is 0 Å². The van der Waals surface area contributed by atoms with Crippen LogP contribution in [0.4, 0.5) is 5.69 Å². The fourth-order valence-electron chi connectivity index (χ4n) is 2.16. The monoisotopic (exact) mass is 487 g/mol. The van der Waals surface area contributed by atoms with Crippen molar-refractivity contribution >= 4 is 74.0 Å². The Morgan fingerprint density at radius 1 is 1.27 bits per heavy atom. The zero-order valence-corrected chi connectivity index (χ0v) is 18.2. The summed E-state index contributed by atoms with van der Waals surface area (Å²) < 4.78 is 5.66. The van der Waals surface area contributed by atoms with Gasteiger partial charge in [0.15, 0.2) is 0 Å². The number of aryl methyl sites for hydroxylation is 1. The summed E-state index contributed by atoms with van der Waals surface area (Å²) in [5, 5.41) is 8.09. The largest absolute Gasteiger partial charge is 0.324 e. The van der Waals surface area contributed by atoms with Gasteiger partial charge in [-0.25, -0.2) is 0 Å². The molecule has 0 bridgehead atoms. The summed E-state index contributed by atoms with van der Waals surface area (Å²) in [5.41, 5.74) is 3.26. The second kappa shape index (κ2) is 8.71. The van der Waals surface area contributed by atoms with E-state index in [0.717, 1.165) is 25.5 Å². The Kier molecular flexibility index (Phi) is 6.58. The molecule has 134 valence electrons. The Bertz CT molecular complexity index is 965. The molecule has 2 aromatic carbocycles. The zero-order valence-electron chi connectivity index (χ0n) is 13.4. The first-order valence-corrected chi connectivity index (χ1v) is 10.7. The van der Waals surface area contributed by atoms with Crippen molar-refractivity contribution in [2.75, 3.05) is 11.1 Å². The third kappa shape index (κ3) is 4.78. The van der Waals surface area contributed by atoms with Gasteiger partial charge in [0.05, 0.1) is 16.5 Å². The number of nitrogens with zero attached hydrogens (tertiary/aromatic N) is 2. The molecule has 0 aliphatic rings. The predicted octanol–water partition coefficient (Wildman–Crippen LogP) is 6.31. The van der Waals surface area contributed by atoms with Crippen LogP contribution in [0.25, 0.3) is 11.3 Å². The van der Waals surface area contributed by atoms with E-state index < -0.39 is 0 Å². The van der Waals surface area contributed by atoms with Crippen LogP contribution in [0.15, 0.2) is 45.1 Å². The van der Waals surface area contributed by atoms with E-state index in [4.69, 9.17) is 23.2 Å². The van der Waals surface area contributed by atoms with Gasteiger partial charge in [-0.05, 0) is 70.3 Å². The minimum absolute atomic E-state index is 0.110. The van der Waals surface area contributed by atoms with E-state index in [2.05, 4.69) is 30.8 Å². The molecule has 0 saturated heterocycles. The van der Waals surface area contributed by atoms with E-state index in [9.17, 15) is 4.79 Å². The van der Waals surface area contributed by atoms with E-state index in [-0.39, 0.29) is 11.7 Å². The number of benzene rings is 2. The summed E-state index contributed by atoms with van der Waals surface area (Å²) in [5.74, 6) is 0.128. The molecule has 1 amide bonds. The number of halogens is 3. The highest BCUT2D eigenvalue weighted by Gasteiger charge is 2.16. The quantitative estimate of drug-likeness (QED) is 0.427. The van der Waals surface area contributed by atoms with Crippen molar-refractivity contribution in [1.29, 1.82) is 0 Å². The van der Waals surface area contributed by atoms with Gasteiger partial charge in [0.25, 0.3) is 0 Å². The number of carbonyl (C=O) groups excluding carboxylic acids is 1. The van der Waals surface area contributed by atoms with Crippen molar-refractivity contribution < 1.29 is 4.79 Å². The molecule has 1 heterocycles. The van der Waals surface area contributed by atoms with Crippen LogP contribution < -0.4 is 5.32 Å². The van der Waals surface area contributed by atoms with Crippen LogP contribution in [-0.2, 0) is 4.79 Å². The van der Waals surface area contributed by atoms with Gasteiger partial charge in [-0.15, -0.1) is 16.9 Å². The summed E-state index contributed by atoms with van der Waals surface area (Å²) in [6, 6.07) is 11.0. The van der Waals surface area contributed by atoms with Gasteiger partial charge in [-0.2, -0.15) is 0 Å². The first kappa shape index (κ1) is 19.6. The van der Waals surface area contributed by atoms with E-state index >= 15 is 0 Å². The van der Waals surface area contributed by atoms with E-state index in [1.54, 1.807) is 18.2 Å². The van der Waals surface area contributed by atoms with Gasteiger partial charge < -0.3 is 5.32 Å². The molecule has 0 atom stereocenters. The molecule has 0 aliphatic carbocycles. The smallest absolute Gasteiger partial charge is 0.234 e. The van der Waals surface area contributed by atoms with Crippen molar-refractivity contribution in [1.82, 2.24) is 9.59 Å². The first-order chi connectivity index (χ1) is 12.4. The number of amides is 1. The summed E-state index contributed by atoms with van der Waals surface area (Å²) in [6.45, 7) is 1.99. The average molecular weight is 489 g/mol. The van der Waals surface area contributed by atoms with Gasteiger partial charge in [0.1, 0.15) is 9.90 Å². The van der Waals surface area contributed by atoms with Crippen LogP contribution in [0.2, 0.25) is 10.0 Å².